The van der Waals surface area contributed by atoms with Gasteiger partial charge in [0.1, 0.15) is 0 Å². The molecule has 10 nitrogen and oxygen atoms in total. The van der Waals surface area contributed by atoms with Crippen molar-refractivity contribution in [1.82, 2.24) is 0 Å². The number of azo groups is 1. The number of benzene rings is 2. The Hall–Kier alpha value is -3.16. The monoisotopic (exact) mass is 504 g/mol. The topological polar surface area (TPSA) is 181 Å². The third-order valence-electron chi connectivity index (χ3n) is 4.89. The molecule has 0 spiro atoms. The second kappa shape index (κ2) is 12.3. The fourth-order valence-electron chi connectivity index (χ4n) is 3.30. The molecule has 12 heteroatoms. The highest BCUT2D eigenvalue weighted by atomic mass is 32.2. The van der Waals surface area contributed by atoms with Gasteiger partial charge in [-0.3, -0.25) is 9.11 Å². The molecule has 0 aliphatic rings. The minimum atomic E-state index is -4.44. The Bertz CT molecular complexity index is 1240. The number of aryl methyl sites for hydroxylation is 2. The molecule has 2 aromatic rings. The molecule has 0 radical (unpaired) electrons. The van der Waals surface area contributed by atoms with Gasteiger partial charge in [-0.15, -0.1) is 0 Å². The Morgan fingerprint density at radius 2 is 1.06 bits per heavy atom. The lowest BCUT2D eigenvalue weighted by Crippen LogP contribution is -2.03. The standard InChI is InChI=1S/C22H24N4O6S2/c23-13-5-1-3-7-17-15-19(9-11-21(17)33(27,28)29)25-26-20-10-12-22(34(30,31)32)18(16-20)8-4-2-6-14-24/h9-12,15-16H,1-8H2,(H,27,28,29)(H,30,31,32). The fourth-order valence-corrected chi connectivity index (χ4v) is 4.77. The van der Waals surface area contributed by atoms with Crippen LogP contribution in [0.4, 0.5) is 11.4 Å². The molecule has 0 aliphatic carbocycles. The predicted octanol–water partition coefficient (Wildman–Crippen LogP) is 5.07. The van der Waals surface area contributed by atoms with Gasteiger partial charge in [-0.2, -0.15) is 37.6 Å². The van der Waals surface area contributed by atoms with E-state index in [4.69, 9.17) is 10.5 Å². The summed E-state index contributed by atoms with van der Waals surface area (Å²) in [5, 5.41) is 25.5. The molecule has 0 saturated heterocycles. The molecule has 0 aromatic heterocycles. The van der Waals surface area contributed by atoms with Crippen LogP contribution in [0.1, 0.15) is 49.7 Å². The van der Waals surface area contributed by atoms with E-state index in [0.717, 1.165) is 0 Å². The Labute approximate surface area is 199 Å². The highest BCUT2D eigenvalue weighted by molar-refractivity contribution is 7.86. The van der Waals surface area contributed by atoms with E-state index in [9.17, 15) is 25.9 Å². The average Bonchev–Trinajstić information content (AvgIpc) is 2.77. The van der Waals surface area contributed by atoms with E-state index in [1.165, 1.54) is 36.4 Å². The molecular formula is C22H24N4O6S2. The molecule has 0 bridgehead atoms. The zero-order valence-electron chi connectivity index (χ0n) is 18.3. The van der Waals surface area contributed by atoms with Crippen LogP contribution in [-0.2, 0) is 33.1 Å². The largest absolute Gasteiger partial charge is 0.294 e. The maximum Gasteiger partial charge on any atom is 0.294 e. The van der Waals surface area contributed by atoms with E-state index in [-0.39, 0.29) is 9.79 Å². The molecular weight excluding hydrogens is 480 g/mol. The van der Waals surface area contributed by atoms with Crippen LogP contribution in [0.3, 0.4) is 0 Å². The molecule has 0 aliphatic heterocycles. The van der Waals surface area contributed by atoms with E-state index in [2.05, 4.69) is 10.2 Å². The predicted molar refractivity (Wildman–Crippen MR) is 123 cm³/mol. The molecule has 0 amide bonds. The first kappa shape index (κ1) is 27.1. The molecule has 2 rings (SSSR count). The van der Waals surface area contributed by atoms with E-state index < -0.39 is 20.2 Å². The van der Waals surface area contributed by atoms with Gasteiger partial charge in [0.2, 0.25) is 0 Å². The van der Waals surface area contributed by atoms with Crippen LogP contribution in [0.25, 0.3) is 0 Å². The van der Waals surface area contributed by atoms with Gasteiger partial charge in [0.05, 0.1) is 33.3 Å². The van der Waals surface area contributed by atoms with E-state index >= 15 is 0 Å². The van der Waals surface area contributed by atoms with Crippen molar-refractivity contribution in [2.75, 3.05) is 0 Å². The minimum Gasteiger partial charge on any atom is -0.282 e. The fraction of sp³-hybridized carbons (Fsp3) is 0.364. The highest BCUT2D eigenvalue weighted by Gasteiger charge is 2.17. The van der Waals surface area contributed by atoms with Gasteiger partial charge in [-0.25, -0.2) is 0 Å². The average molecular weight is 505 g/mol. The van der Waals surface area contributed by atoms with Crippen LogP contribution in [0.15, 0.2) is 56.4 Å². The lowest BCUT2D eigenvalue weighted by molar-refractivity contribution is 0.479. The summed E-state index contributed by atoms with van der Waals surface area (Å²) < 4.78 is 65.6. The molecule has 2 N–H and O–H groups in total. The number of unbranched alkanes of at least 4 members (excludes halogenated alkanes) is 4. The van der Waals surface area contributed by atoms with Gasteiger partial charge in [0.25, 0.3) is 20.2 Å². The summed E-state index contributed by atoms with van der Waals surface area (Å²) in [5.74, 6) is 0. The molecule has 34 heavy (non-hydrogen) atoms. The third-order valence-corrected chi connectivity index (χ3v) is 6.80. The van der Waals surface area contributed by atoms with Gasteiger partial charge < -0.3 is 0 Å². The molecule has 0 saturated carbocycles. The minimum absolute atomic E-state index is 0.236. The van der Waals surface area contributed by atoms with Crippen molar-refractivity contribution in [1.29, 1.82) is 10.5 Å². The van der Waals surface area contributed by atoms with E-state index in [1.807, 2.05) is 12.1 Å². The first-order valence-corrected chi connectivity index (χ1v) is 13.3. The second-order valence-electron chi connectivity index (χ2n) is 7.46. The Morgan fingerprint density at radius 1 is 0.676 bits per heavy atom. The van der Waals surface area contributed by atoms with E-state index in [0.29, 0.717) is 73.9 Å². The summed E-state index contributed by atoms with van der Waals surface area (Å²) in [6, 6.07) is 12.2. The zero-order chi connectivity index (χ0) is 25.2. The number of nitrogens with zero attached hydrogens (tertiary/aromatic N) is 4. The lowest BCUT2D eigenvalue weighted by atomic mass is 10.1. The quantitative estimate of drug-likeness (QED) is 0.228. The molecule has 0 unspecified atom stereocenters. The summed E-state index contributed by atoms with van der Waals surface area (Å²) in [5.41, 5.74) is 1.32. The summed E-state index contributed by atoms with van der Waals surface area (Å²) >= 11 is 0. The summed E-state index contributed by atoms with van der Waals surface area (Å²) in [4.78, 5) is -0.471. The van der Waals surface area contributed by atoms with Crippen molar-refractivity contribution in [3.63, 3.8) is 0 Å². The number of hydrogen-bond acceptors (Lipinski definition) is 8. The van der Waals surface area contributed by atoms with Crippen molar-refractivity contribution >= 4 is 31.6 Å². The normalized spacial score (nSPS) is 11.9. The van der Waals surface area contributed by atoms with Crippen LogP contribution in [0.5, 0.6) is 0 Å². The molecule has 0 fully saturated rings. The lowest BCUT2D eigenvalue weighted by Gasteiger charge is -2.08. The Morgan fingerprint density at radius 3 is 1.38 bits per heavy atom. The van der Waals surface area contributed by atoms with E-state index in [1.54, 1.807) is 0 Å². The van der Waals surface area contributed by atoms with Crippen molar-refractivity contribution in [2.24, 2.45) is 10.2 Å². The number of rotatable bonds is 12. The van der Waals surface area contributed by atoms with Crippen molar-refractivity contribution in [2.45, 2.75) is 61.2 Å². The van der Waals surface area contributed by atoms with Gasteiger partial charge in [0, 0.05) is 12.8 Å². The van der Waals surface area contributed by atoms with Gasteiger partial charge >= 0.3 is 0 Å². The van der Waals surface area contributed by atoms with Gasteiger partial charge in [-0.05, 0) is 86.1 Å². The summed E-state index contributed by atoms with van der Waals surface area (Å²) in [6.45, 7) is 0. The summed E-state index contributed by atoms with van der Waals surface area (Å²) in [6.07, 6.45) is 3.53. The first-order valence-electron chi connectivity index (χ1n) is 10.4. The van der Waals surface area contributed by atoms with Crippen LogP contribution >= 0.6 is 0 Å². The molecule has 180 valence electrons. The number of nitriles is 2. The Kier molecular flexibility index (Phi) is 9.83. The van der Waals surface area contributed by atoms with Gasteiger partial charge in [-0.1, -0.05) is 0 Å². The van der Waals surface area contributed by atoms with Crippen molar-refractivity contribution in [3.8, 4) is 12.1 Å². The Balaban J connectivity index is 2.32. The molecule has 2 aromatic carbocycles. The smallest absolute Gasteiger partial charge is 0.282 e. The molecule has 0 heterocycles. The van der Waals surface area contributed by atoms with Crippen molar-refractivity contribution < 1.29 is 25.9 Å². The van der Waals surface area contributed by atoms with Crippen molar-refractivity contribution in [3.05, 3.63) is 47.5 Å². The van der Waals surface area contributed by atoms with Crippen LogP contribution in [0, 0.1) is 22.7 Å². The highest BCUT2D eigenvalue weighted by Crippen LogP contribution is 2.28. The third kappa shape index (κ3) is 8.32. The maximum atomic E-state index is 11.7. The van der Waals surface area contributed by atoms with Gasteiger partial charge in [0.15, 0.2) is 0 Å². The first-order chi connectivity index (χ1) is 16.1. The van der Waals surface area contributed by atoms with Crippen LogP contribution in [0.2, 0.25) is 0 Å². The second-order valence-corrected chi connectivity index (χ2v) is 10.2. The zero-order valence-corrected chi connectivity index (χ0v) is 19.9. The SMILES string of the molecule is N#CCCCCc1cc(N=Nc2ccc(S(=O)(=O)O)c(CCCCC#N)c2)ccc1S(=O)(=O)O. The maximum absolute atomic E-state index is 11.7. The van der Waals surface area contributed by atoms with Crippen LogP contribution < -0.4 is 0 Å². The molecule has 0 atom stereocenters. The van der Waals surface area contributed by atoms with Crippen LogP contribution in [-0.4, -0.2) is 25.9 Å². The number of hydrogen-bond donors (Lipinski definition) is 2. The summed E-state index contributed by atoms with van der Waals surface area (Å²) in [7, 11) is -8.87.